The minimum Gasteiger partial charge on any atom is -0.207 e. The summed E-state index contributed by atoms with van der Waals surface area (Å²) in [4.78, 5) is -0.190. The predicted molar refractivity (Wildman–Crippen MR) is 66.0 cm³/mol. The zero-order valence-corrected chi connectivity index (χ0v) is 10.9. The normalized spacial score (nSPS) is 28.5. The molecule has 2 aliphatic rings. The second-order valence-corrected chi connectivity index (χ2v) is 7.11. The van der Waals surface area contributed by atoms with E-state index in [1.165, 1.54) is 28.9 Å². The van der Waals surface area contributed by atoms with E-state index in [1.54, 1.807) is 6.07 Å². The minimum absolute atomic E-state index is 0.190. The van der Waals surface area contributed by atoms with Crippen LogP contribution in [0.2, 0.25) is 0 Å². The maximum Gasteiger partial charge on any atom is 0.246 e. The molecule has 2 atom stereocenters. The van der Waals surface area contributed by atoms with Crippen molar-refractivity contribution in [3.8, 4) is 0 Å². The van der Waals surface area contributed by atoms with Crippen LogP contribution in [0.4, 0.5) is 4.39 Å². The van der Waals surface area contributed by atoms with Crippen molar-refractivity contribution < 1.29 is 12.8 Å². The molecule has 1 aliphatic heterocycles. The molecule has 1 aromatic rings. The van der Waals surface area contributed by atoms with Crippen molar-refractivity contribution in [1.82, 2.24) is 4.31 Å². The molecular weight excluding hydrogens is 253 g/mol. The SMILES string of the molecule is O=S(=O)(c1ccccc1F)N1CC2CCCC2C1. The first-order valence-corrected chi connectivity index (χ1v) is 7.78. The first kappa shape index (κ1) is 12.1. The fourth-order valence-corrected chi connectivity index (χ4v) is 4.80. The molecule has 2 fully saturated rings. The molecule has 3 nitrogen and oxygen atoms in total. The zero-order chi connectivity index (χ0) is 12.8. The van der Waals surface area contributed by atoms with Gasteiger partial charge in [0.25, 0.3) is 0 Å². The molecule has 1 saturated carbocycles. The Hall–Kier alpha value is -0.940. The standard InChI is InChI=1S/C13H16FNO2S/c14-12-6-1-2-7-13(12)18(16,17)15-8-10-4-3-5-11(10)9-15/h1-2,6-7,10-11H,3-5,8-9H2. The Bertz CT molecular complexity index is 546. The van der Waals surface area contributed by atoms with Crippen molar-refractivity contribution in [2.45, 2.75) is 24.2 Å². The van der Waals surface area contributed by atoms with Crippen LogP contribution in [0.15, 0.2) is 29.2 Å². The molecule has 2 unspecified atom stereocenters. The quantitative estimate of drug-likeness (QED) is 0.825. The van der Waals surface area contributed by atoms with Gasteiger partial charge in [0, 0.05) is 13.1 Å². The molecular formula is C13H16FNO2S. The molecule has 1 heterocycles. The van der Waals surface area contributed by atoms with Crippen LogP contribution in [0.1, 0.15) is 19.3 Å². The summed E-state index contributed by atoms with van der Waals surface area (Å²) in [5.41, 5.74) is 0. The van der Waals surface area contributed by atoms with Gasteiger partial charge in [0.05, 0.1) is 0 Å². The number of sulfonamides is 1. The number of rotatable bonds is 2. The van der Waals surface area contributed by atoms with Gasteiger partial charge in [0.15, 0.2) is 0 Å². The van der Waals surface area contributed by atoms with E-state index in [2.05, 4.69) is 0 Å². The fourth-order valence-electron chi connectivity index (χ4n) is 3.18. The van der Waals surface area contributed by atoms with Crippen LogP contribution in [-0.4, -0.2) is 25.8 Å². The van der Waals surface area contributed by atoms with Gasteiger partial charge in [-0.3, -0.25) is 0 Å². The van der Waals surface area contributed by atoms with E-state index in [0.717, 1.165) is 12.8 Å². The van der Waals surface area contributed by atoms with Gasteiger partial charge in [-0.15, -0.1) is 0 Å². The van der Waals surface area contributed by atoms with Crippen molar-refractivity contribution >= 4 is 10.0 Å². The van der Waals surface area contributed by atoms with Crippen LogP contribution in [0.3, 0.4) is 0 Å². The average Bonchev–Trinajstić information content (AvgIpc) is 2.89. The second-order valence-electron chi connectivity index (χ2n) is 5.20. The van der Waals surface area contributed by atoms with Crippen LogP contribution in [0.5, 0.6) is 0 Å². The smallest absolute Gasteiger partial charge is 0.207 e. The molecule has 0 aromatic heterocycles. The lowest BCUT2D eigenvalue weighted by Crippen LogP contribution is -2.30. The Labute approximate surface area is 107 Å². The molecule has 0 spiro atoms. The van der Waals surface area contributed by atoms with E-state index in [9.17, 15) is 12.8 Å². The number of nitrogens with zero attached hydrogens (tertiary/aromatic N) is 1. The third-order valence-corrected chi connectivity index (χ3v) is 6.01. The maximum absolute atomic E-state index is 13.6. The van der Waals surface area contributed by atoms with Crippen LogP contribution < -0.4 is 0 Å². The summed E-state index contributed by atoms with van der Waals surface area (Å²) in [6.45, 7) is 1.11. The third-order valence-electron chi connectivity index (χ3n) is 4.15. The highest BCUT2D eigenvalue weighted by Gasteiger charge is 2.41. The molecule has 5 heteroatoms. The fraction of sp³-hybridized carbons (Fsp3) is 0.538. The van der Waals surface area contributed by atoms with E-state index < -0.39 is 15.8 Å². The minimum atomic E-state index is -3.65. The van der Waals surface area contributed by atoms with Gasteiger partial charge in [0.2, 0.25) is 10.0 Å². The van der Waals surface area contributed by atoms with E-state index in [-0.39, 0.29) is 4.90 Å². The van der Waals surface area contributed by atoms with E-state index in [0.29, 0.717) is 24.9 Å². The van der Waals surface area contributed by atoms with Gasteiger partial charge in [-0.05, 0) is 36.8 Å². The Morgan fingerprint density at radius 1 is 1.11 bits per heavy atom. The molecule has 0 bridgehead atoms. The summed E-state index contributed by atoms with van der Waals surface area (Å²) in [6, 6.07) is 5.61. The van der Waals surface area contributed by atoms with E-state index >= 15 is 0 Å². The number of benzene rings is 1. The van der Waals surface area contributed by atoms with E-state index in [1.807, 2.05) is 0 Å². The summed E-state index contributed by atoms with van der Waals surface area (Å²) >= 11 is 0. The van der Waals surface area contributed by atoms with E-state index in [4.69, 9.17) is 0 Å². The van der Waals surface area contributed by atoms with Gasteiger partial charge < -0.3 is 0 Å². The summed E-state index contributed by atoms with van der Waals surface area (Å²) in [7, 11) is -3.65. The van der Waals surface area contributed by atoms with Gasteiger partial charge >= 0.3 is 0 Å². The monoisotopic (exact) mass is 269 g/mol. The average molecular weight is 269 g/mol. The van der Waals surface area contributed by atoms with Gasteiger partial charge in [-0.2, -0.15) is 4.31 Å². The van der Waals surface area contributed by atoms with Gasteiger partial charge in [-0.1, -0.05) is 18.6 Å². The topological polar surface area (TPSA) is 37.4 Å². The molecule has 1 saturated heterocycles. The van der Waals surface area contributed by atoms with Crippen LogP contribution >= 0.6 is 0 Å². The van der Waals surface area contributed by atoms with Crippen molar-refractivity contribution in [2.75, 3.05) is 13.1 Å². The number of fused-ring (bicyclic) bond motifs is 1. The Balaban J connectivity index is 1.90. The third kappa shape index (κ3) is 1.86. The highest BCUT2D eigenvalue weighted by molar-refractivity contribution is 7.89. The van der Waals surface area contributed by atoms with Gasteiger partial charge in [0.1, 0.15) is 10.7 Å². The van der Waals surface area contributed by atoms with Crippen LogP contribution in [-0.2, 0) is 10.0 Å². The molecule has 0 radical (unpaired) electrons. The molecule has 1 aliphatic carbocycles. The van der Waals surface area contributed by atoms with Crippen LogP contribution in [0, 0.1) is 17.7 Å². The van der Waals surface area contributed by atoms with Gasteiger partial charge in [-0.25, -0.2) is 12.8 Å². The largest absolute Gasteiger partial charge is 0.246 e. The van der Waals surface area contributed by atoms with Crippen molar-refractivity contribution in [1.29, 1.82) is 0 Å². The van der Waals surface area contributed by atoms with Crippen LogP contribution in [0.25, 0.3) is 0 Å². The predicted octanol–water partition coefficient (Wildman–Crippen LogP) is 2.25. The Kier molecular flexibility index (Phi) is 2.90. The maximum atomic E-state index is 13.6. The lowest BCUT2D eigenvalue weighted by molar-refractivity contribution is 0.440. The first-order chi connectivity index (χ1) is 8.59. The summed E-state index contributed by atoms with van der Waals surface area (Å²) in [6.07, 6.45) is 3.41. The Morgan fingerprint density at radius 3 is 2.33 bits per heavy atom. The molecule has 0 N–H and O–H groups in total. The highest BCUT2D eigenvalue weighted by atomic mass is 32.2. The highest BCUT2D eigenvalue weighted by Crippen LogP contribution is 2.39. The summed E-state index contributed by atoms with van der Waals surface area (Å²) in [5.74, 6) is 0.299. The molecule has 0 amide bonds. The molecule has 3 rings (SSSR count). The number of hydrogen-bond acceptors (Lipinski definition) is 2. The Morgan fingerprint density at radius 2 is 1.72 bits per heavy atom. The zero-order valence-electron chi connectivity index (χ0n) is 10.0. The summed E-state index contributed by atoms with van der Waals surface area (Å²) in [5, 5.41) is 0. The molecule has 98 valence electrons. The molecule has 18 heavy (non-hydrogen) atoms. The van der Waals surface area contributed by atoms with Crippen molar-refractivity contribution in [3.05, 3.63) is 30.1 Å². The lowest BCUT2D eigenvalue weighted by atomic mass is 10.0. The van der Waals surface area contributed by atoms with Crippen molar-refractivity contribution in [3.63, 3.8) is 0 Å². The second kappa shape index (κ2) is 4.31. The van der Waals surface area contributed by atoms with Crippen molar-refractivity contribution in [2.24, 2.45) is 11.8 Å². The number of halogens is 1. The lowest BCUT2D eigenvalue weighted by Gasteiger charge is -2.17. The molecule has 1 aromatic carbocycles. The summed E-state index contributed by atoms with van der Waals surface area (Å²) < 4.78 is 39.8. The number of hydrogen-bond donors (Lipinski definition) is 0. The first-order valence-electron chi connectivity index (χ1n) is 6.34.